The lowest BCUT2D eigenvalue weighted by molar-refractivity contribution is -0.757. The highest BCUT2D eigenvalue weighted by Gasteiger charge is 2.16. The van der Waals surface area contributed by atoms with Crippen LogP contribution in [0.1, 0.15) is 46.0 Å². The number of ether oxygens (including phenoxy) is 1. The van der Waals surface area contributed by atoms with Crippen LogP contribution in [0.15, 0.2) is 12.2 Å². The molecule has 0 saturated heterocycles. The second-order valence-electron chi connectivity index (χ2n) is 4.68. The molecule has 22 heavy (non-hydrogen) atoms. The molecule has 0 radical (unpaired) electrons. The molecule has 0 spiro atoms. The van der Waals surface area contributed by atoms with E-state index in [-0.39, 0.29) is 19.1 Å². The number of rotatable bonds is 12. The van der Waals surface area contributed by atoms with E-state index in [9.17, 15) is 19.7 Å². The lowest BCUT2D eigenvalue weighted by atomic mass is 10.2. The molecule has 0 aromatic heterocycles. The normalized spacial score (nSPS) is 11.9. The fourth-order valence-corrected chi connectivity index (χ4v) is 1.56. The van der Waals surface area contributed by atoms with Gasteiger partial charge in [-0.15, -0.1) is 10.1 Å². The number of carbonyl (C=O) groups excluding carboxylic acids is 2. The van der Waals surface area contributed by atoms with Crippen molar-refractivity contribution in [1.82, 2.24) is 5.32 Å². The van der Waals surface area contributed by atoms with Crippen LogP contribution in [-0.2, 0) is 19.2 Å². The van der Waals surface area contributed by atoms with Crippen molar-refractivity contribution in [3.05, 3.63) is 22.3 Å². The Balaban J connectivity index is 3.69. The molecular weight excluding hydrogens is 292 g/mol. The second kappa shape index (κ2) is 12.6. The van der Waals surface area contributed by atoms with Crippen LogP contribution in [0.5, 0.6) is 0 Å². The maximum atomic E-state index is 11.6. The Morgan fingerprint density at radius 2 is 1.95 bits per heavy atom. The van der Waals surface area contributed by atoms with Crippen LogP contribution in [0.2, 0.25) is 0 Å². The van der Waals surface area contributed by atoms with E-state index in [1.165, 1.54) is 0 Å². The summed E-state index contributed by atoms with van der Waals surface area (Å²) >= 11 is 0. The molecule has 0 aliphatic heterocycles. The van der Waals surface area contributed by atoms with E-state index in [2.05, 4.69) is 10.2 Å². The molecule has 0 bridgehead atoms. The maximum absolute atomic E-state index is 11.6. The molecule has 0 saturated carbocycles. The molecular formula is C14H24N2O6. The number of esters is 1. The Labute approximate surface area is 130 Å². The Kier molecular flexibility index (Phi) is 11.4. The zero-order chi connectivity index (χ0) is 16.8. The SMILES string of the molecule is C/C=C\CCCC(=O)NC(C)C(=O)OCCCCO[N+](=O)[O-]. The number of nitrogens with one attached hydrogen (secondary N) is 1. The molecule has 8 nitrogen and oxygen atoms in total. The Morgan fingerprint density at radius 3 is 2.59 bits per heavy atom. The Bertz CT molecular complexity index is 384. The average Bonchev–Trinajstić information content (AvgIpc) is 2.46. The van der Waals surface area contributed by atoms with Crippen molar-refractivity contribution < 1.29 is 24.3 Å². The highest BCUT2D eigenvalue weighted by molar-refractivity contribution is 5.84. The van der Waals surface area contributed by atoms with Gasteiger partial charge in [0.1, 0.15) is 6.04 Å². The predicted octanol–water partition coefficient (Wildman–Crippen LogP) is 1.77. The standard InChI is InChI=1S/C14H24N2O6/c1-3-4-5-6-9-13(17)15-12(2)14(18)21-10-7-8-11-22-16(19)20/h3-4,12H,5-11H2,1-2H3,(H,15,17)/b4-3-. The summed E-state index contributed by atoms with van der Waals surface area (Å²) in [4.78, 5) is 37.2. The quantitative estimate of drug-likeness (QED) is 0.193. The molecule has 0 aromatic rings. The third-order valence-corrected chi connectivity index (χ3v) is 2.72. The first kappa shape index (κ1) is 19.9. The van der Waals surface area contributed by atoms with Gasteiger partial charge in [-0.3, -0.25) is 4.79 Å². The molecule has 126 valence electrons. The fourth-order valence-electron chi connectivity index (χ4n) is 1.56. The van der Waals surface area contributed by atoms with Crippen molar-refractivity contribution in [2.75, 3.05) is 13.2 Å². The number of carbonyl (C=O) groups is 2. The molecule has 0 rings (SSSR count). The van der Waals surface area contributed by atoms with Crippen LogP contribution in [0, 0.1) is 10.1 Å². The first-order chi connectivity index (χ1) is 10.5. The third-order valence-electron chi connectivity index (χ3n) is 2.72. The van der Waals surface area contributed by atoms with Gasteiger partial charge in [-0.05, 0) is 39.5 Å². The molecule has 8 heteroatoms. The third kappa shape index (κ3) is 11.7. The van der Waals surface area contributed by atoms with Gasteiger partial charge in [0.25, 0.3) is 5.09 Å². The van der Waals surface area contributed by atoms with Gasteiger partial charge < -0.3 is 14.9 Å². The zero-order valence-corrected chi connectivity index (χ0v) is 13.1. The van der Waals surface area contributed by atoms with Crippen LogP contribution in [0.3, 0.4) is 0 Å². The van der Waals surface area contributed by atoms with Gasteiger partial charge in [0, 0.05) is 6.42 Å². The molecule has 1 N–H and O–H groups in total. The summed E-state index contributed by atoms with van der Waals surface area (Å²) in [5.74, 6) is -0.703. The van der Waals surface area contributed by atoms with Gasteiger partial charge in [0.2, 0.25) is 5.91 Å². The molecule has 0 aliphatic rings. The first-order valence-electron chi connectivity index (χ1n) is 7.31. The molecule has 1 amide bonds. The van der Waals surface area contributed by atoms with Crippen LogP contribution in [0.4, 0.5) is 0 Å². The largest absolute Gasteiger partial charge is 0.464 e. The molecule has 1 unspecified atom stereocenters. The van der Waals surface area contributed by atoms with Crippen molar-refractivity contribution in [1.29, 1.82) is 0 Å². The second-order valence-corrected chi connectivity index (χ2v) is 4.68. The summed E-state index contributed by atoms with van der Waals surface area (Å²) in [6, 6.07) is -0.704. The molecule has 0 fully saturated rings. The van der Waals surface area contributed by atoms with Gasteiger partial charge in [-0.1, -0.05) is 12.2 Å². The average molecular weight is 316 g/mol. The highest BCUT2D eigenvalue weighted by atomic mass is 16.9. The minimum Gasteiger partial charge on any atom is -0.464 e. The lowest BCUT2D eigenvalue weighted by Gasteiger charge is -2.13. The lowest BCUT2D eigenvalue weighted by Crippen LogP contribution is -2.39. The molecule has 1 atom stereocenters. The van der Waals surface area contributed by atoms with E-state index >= 15 is 0 Å². The van der Waals surface area contributed by atoms with Crippen molar-refractivity contribution >= 4 is 11.9 Å². The number of amides is 1. The molecule has 0 aliphatic carbocycles. The first-order valence-corrected chi connectivity index (χ1v) is 7.31. The minimum atomic E-state index is -0.861. The molecule has 0 heterocycles. The van der Waals surface area contributed by atoms with E-state index in [0.29, 0.717) is 19.3 Å². The number of hydrogen-bond acceptors (Lipinski definition) is 6. The monoisotopic (exact) mass is 316 g/mol. The zero-order valence-electron chi connectivity index (χ0n) is 13.1. The minimum absolute atomic E-state index is 0.0248. The van der Waals surface area contributed by atoms with Crippen LogP contribution in [-0.4, -0.2) is 36.2 Å². The van der Waals surface area contributed by atoms with Crippen LogP contribution in [0.25, 0.3) is 0 Å². The number of allylic oxidation sites excluding steroid dienone is 2. The van der Waals surface area contributed by atoms with Crippen molar-refractivity contribution in [3.63, 3.8) is 0 Å². The molecule has 0 aromatic carbocycles. The topological polar surface area (TPSA) is 108 Å². The van der Waals surface area contributed by atoms with Gasteiger partial charge >= 0.3 is 5.97 Å². The number of hydrogen-bond donors (Lipinski definition) is 1. The smallest absolute Gasteiger partial charge is 0.328 e. The van der Waals surface area contributed by atoms with E-state index < -0.39 is 17.1 Å². The summed E-state index contributed by atoms with van der Waals surface area (Å²) in [5.41, 5.74) is 0. The summed E-state index contributed by atoms with van der Waals surface area (Å²) in [5, 5.41) is 11.6. The predicted molar refractivity (Wildman–Crippen MR) is 79.4 cm³/mol. The van der Waals surface area contributed by atoms with Gasteiger partial charge in [-0.25, -0.2) is 4.79 Å². The van der Waals surface area contributed by atoms with Crippen molar-refractivity contribution in [2.45, 2.75) is 52.0 Å². The Morgan fingerprint density at radius 1 is 1.27 bits per heavy atom. The van der Waals surface area contributed by atoms with E-state index in [0.717, 1.165) is 12.8 Å². The summed E-state index contributed by atoms with van der Waals surface area (Å²) in [6.45, 7) is 3.59. The van der Waals surface area contributed by atoms with E-state index in [4.69, 9.17) is 4.74 Å². The number of nitrogens with zero attached hydrogens (tertiary/aromatic N) is 1. The summed E-state index contributed by atoms with van der Waals surface area (Å²) < 4.78 is 4.96. The van der Waals surface area contributed by atoms with Crippen LogP contribution >= 0.6 is 0 Å². The van der Waals surface area contributed by atoms with Gasteiger partial charge in [0.05, 0.1) is 13.2 Å². The highest BCUT2D eigenvalue weighted by Crippen LogP contribution is 1.99. The van der Waals surface area contributed by atoms with Gasteiger partial charge in [-0.2, -0.15) is 0 Å². The van der Waals surface area contributed by atoms with Gasteiger partial charge in [0.15, 0.2) is 0 Å². The Hall–Kier alpha value is -2.12. The van der Waals surface area contributed by atoms with E-state index in [1.54, 1.807) is 6.92 Å². The van der Waals surface area contributed by atoms with Crippen LogP contribution < -0.4 is 5.32 Å². The fraction of sp³-hybridized carbons (Fsp3) is 0.714. The van der Waals surface area contributed by atoms with Crippen molar-refractivity contribution in [2.24, 2.45) is 0 Å². The summed E-state index contributed by atoms with van der Waals surface area (Å²) in [7, 11) is 0. The van der Waals surface area contributed by atoms with Crippen molar-refractivity contribution in [3.8, 4) is 0 Å². The van der Waals surface area contributed by atoms with E-state index in [1.807, 2.05) is 19.1 Å². The summed E-state index contributed by atoms with van der Waals surface area (Å²) in [6.07, 6.45) is 6.70. The maximum Gasteiger partial charge on any atom is 0.328 e. The number of unbranched alkanes of at least 4 members (excludes halogenated alkanes) is 2.